The molecule has 3 heteroatoms. The van der Waals surface area contributed by atoms with Gasteiger partial charge in [0.05, 0.1) is 0 Å². The van der Waals surface area contributed by atoms with Crippen LogP contribution in [0.4, 0.5) is 0 Å². The van der Waals surface area contributed by atoms with E-state index in [1.807, 2.05) is 12.1 Å². The number of benzene rings is 1. The lowest BCUT2D eigenvalue weighted by Crippen LogP contribution is -2.39. The van der Waals surface area contributed by atoms with E-state index >= 15 is 0 Å². The van der Waals surface area contributed by atoms with E-state index in [2.05, 4.69) is 23.5 Å². The zero-order valence-electron chi connectivity index (χ0n) is 12.6. The van der Waals surface area contributed by atoms with Gasteiger partial charge in [-0.25, -0.2) is 0 Å². The fourth-order valence-corrected chi connectivity index (χ4v) is 3.25. The van der Waals surface area contributed by atoms with Crippen molar-refractivity contribution in [3.05, 3.63) is 35.4 Å². The molecule has 0 bridgehead atoms. The summed E-state index contributed by atoms with van der Waals surface area (Å²) in [6, 6.07) is 6.69. The summed E-state index contributed by atoms with van der Waals surface area (Å²) in [4.78, 5) is 0. The Hall–Kier alpha value is -1.32. The Morgan fingerprint density at radius 3 is 2.95 bits per heavy atom. The average molecular weight is 287 g/mol. The van der Waals surface area contributed by atoms with Gasteiger partial charge in [0.1, 0.15) is 18.5 Å². The SMILES string of the molecule is OC(CNC1CCCCC1)COc1cccc2c1CC=C2. The van der Waals surface area contributed by atoms with Gasteiger partial charge in [0.2, 0.25) is 0 Å². The number of hydrogen-bond acceptors (Lipinski definition) is 3. The number of hydrogen-bond donors (Lipinski definition) is 2. The minimum absolute atomic E-state index is 0.357. The lowest BCUT2D eigenvalue weighted by atomic mass is 9.95. The van der Waals surface area contributed by atoms with Crippen molar-refractivity contribution in [1.82, 2.24) is 5.32 Å². The van der Waals surface area contributed by atoms with Crippen molar-refractivity contribution in [2.75, 3.05) is 13.2 Å². The topological polar surface area (TPSA) is 41.5 Å². The van der Waals surface area contributed by atoms with Crippen molar-refractivity contribution in [1.29, 1.82) is 0 Å². The quantitative estimate of drug-likeness (QED) is 0.845. The van der Waals surface area contributed by atoms with Crippen molar-refractivity contribution >= 4 is 6.08 Å². The van der Waals surface area contributed by atoms with E-state index in [1.165, 1.54) is 43.2 Å². The first kappa shape index (κ1) is 14.6. The van der Waals surface area contributed by atoms with Crippen LogP contribution in [0.5, 0.6) is 5.75 Å². The predicted molar refractivity (Wildman–Crippen MR) is 85.6 cm³/mol. The molecule has 0 radical (unpaired) electrons. The maximum absolute atomic E-state index is 10.1. The van der Waals surface area contributed by atoms with Gasteiger partial charge in [-0.05, 0) is 30.9 Å². The van der Waals surface area contributed by atoms with Gasteiger partial charge in [-0.2, -0.15) is 0 Å². The standard InChI is InChI=1S/C18H25NO2/c20-16(12-19-15-8-2-1-3-9-15)13-21-18-11-5-7-14-6-4-10-17(14)18/h4-7,11,15-16,19-20H,1-3,8-10,12-13H2. The van der Waals surface area contributed by atoms with Crippen LogP contribution in [-0.2, 0) is 6.42 Å². The molecule has 0 amide bonds. The maximum Gasteiger partial charge on any atom is 0.123 e. The number of fused-ring (bicyclic) bond motifs is 1. The Morgan fingerprint density at radius 1 is 1.24 bits per heavy atom. The summed E-state index contributed by atoms with van der Waals surface area (Å²) in [5.74, 6) is 0.911. The molecule has 0 aromatic heterocycles. The van der Waals surface area contributed by atoms with Gasteiger partial charge in [0.25, 0.3) is 0 Å². The van der Waals surface area contributed by atoms with E-state index in [4.69, 9.17) is 4.74 Å². The Balaban J connectivity index is 1.43. The summed E-state index contributed by atoms with van der Waals surface area (Å²) in [6.07, 6.45) is 11.2. The lowest BCUT2D eigenvalue weighted by molar-refractivity contribution is 0.101. The van der Waals surface area contributed by atoms with Crippen molar-refractivity contribution < 1.29 is 9.84 Å². The normalized spacial score (nSPS) is 19.5. The van der Waals surface area contributed by atoms with Crippen LogP contribution in [0.15, 0.2) is 24.3 Å². The molecule has 3 nitrogen and oxygen atoms in total. The van der Waals surface area contributed by atoms with Crippen molar-refractivity contribution in [2.24, 2.45) is 0 Å². The summed E-state index contributed by atoms with van der Waals surface area (Å²) in [6.45, 7) is 0.980. The Labute approximate surface area is 127 Å². The number of aliphatic hydroxyl groups is 1. The lowest BCUT2D eigenvalue weighted by Gasteiger charge is -2.24. The molecule has 2 aliphatic carbocycles. The Kier molecular flexibility index (Phi) is 4.94. The molecular formula is C18H25NO2. The predicted octanol–water partition coefficient (Wildman–Crippen LogP) is 2.92. The zero-order chi connectivity index (χ0) is 14.5. The molecule has 114 valence electrons. The Morgan fingerprint density at radius 2 is 2.10 bits per heavy atom. The monoisotopic (exact) mass is 287 g/mol. The molecule has 1 unspecified atom stereocenters. The molecule has 2 N–H and O–H groups in total. The smallest absolute Gasteiger partial charge is 0.123 e. The van der Waals surface area contributed by atoms with Gasteiger partial charge in [0, 0.05) is 18.2 Å². The van der Waals surface area contributed by atoms with Crippen LogP contribution in [0.2, 0.25) is 0 Å². The van der Waals surface area contributed by atoms with Gasteiger partial charge >= 0.3 is 0 Å². The second-order valence-corrected chi connectivity index (χ2v) is 6.14. The van der Waals surface area contributed by atoms with E-state index in [0.717, 1.165) is 12.2 Å². The van der Waals surface area contributed by atoms with Crippen LogP contribution in [0.1, 0.15) is 43.2 Å². The fourth-order valence-electron chi connectivity index (χ4n) is 3.25. The maximum atomic E-state index is 10.1. The van der Waals surface area contributed by atoms with Gasteiger partial charge < -0.3 is 15.2 Å². The van der Waals surface area contributed by atoms with E-state index in [0.29, 0.717) is 19.2 Å². The largest absolute Gasteiger partial charge is 0.491 e. The van der Waals surface area contributed by atoms with Gasteiger partial charge in [-0.15, -0.1) is 0 Å². The highest BCUT2D eigenvalue weighted by atomic mass is 16.5. The first-order valence-electron chi connectivity index (χ1n) is 8.15. The molecule has 1 fully saturated rings. The average Bonchev–Trinajstić information content (AvgIpc) is 3.01. The molecule has 0 saturated heterocycles. The van der Waals surface area contributed by atoms with E-state index in [1.54, 1.807) is 0 Å². The second-order valence-electron chi connectivity index (χ2n) is 6.14. The third kappa shape index (κ3) is 3.86. The molecule has 2 aliphatic rings. The molecule has 0 heterocycles. The zero-order valence-corrected chi connectivity index (χ0v) is 12.6. The van der Waals surface area contributed by atoms with E-state index in [9.17, 15) is 5.11 Å². The Bertz CT molecular complexity index is 492. The molecule has 3 rings (SSSR count). The first-order valence-corrected chi connectivity index (χ1v) is 8.15. The highest BCUT2D eigenvalue weighted by molar-refractivity contribution is 5.63. The summed E-state index contributed by atoms with van der Waals surface area (Å²) >= 11 is 0. The molecule has 21 heavy (non-hydrogen) atoms. The van der Waals surface area contributed by atoms with E-state index in [-0.39, 0.29) is 0 Å². The van der Waals surface area contributed by atoms with E-state index < -0.39 is 6.10 Å². The van der Waals surface area contributed by atoms with Crippen LogP contribution in [0, 0.1) is 0 Å². The highest BCUT2D eigenvalue weighted by Crippen LogP contribution is 2.28. The van der Waals surface area contributed by atoms with Crippen molar-refractivity contribution in [3.8, 4) is 5.75 Å². The summed E-state index contributed by atoms with van der Waals surface area (Å²) in [5.41, 5.74) is 2.48. The number of nitrogens with one attached hydrogen (secondary N) is 1. The number of allylic oxidation sites excluding steroid dienone is 1. The van der Waals surface area contributed by atoms with Crippen LogP contribution in [0.25, 0.3) is 6.08 Å². The first-order chi connectivity index (χ1) is 10.3. The molecule has 1 aromatic rings. The summed E-state index contributed by atoms with van der Waals surface area (Å²) in [7, 11) is 0. The van der Waals surface area contributed by atoms with Crippen LogP contribution >= 0.6 is 0 Å². The van der Waals surface area contributed by atoms with Crippen LogP contribution in [-0.4, -0.2) is 30.4 Å². The van der Waals surface area contributed by atoms with Gasteiger partial charge in [-0.1, -0.05) is 43.5 Å². The molecule has 0 spiro atoms. The minimum atomic E-state index is -0.447. The van der Waals surface area contributed by atoms with Crippen LogP contribution < -0.4 is 10.1 Å². The third-order valence-corrected chi connectivity index (χ3v) is 4.47. The van der Waals surface area contributed by atoms with Gasteiger partial charge in [-0.3, -0.25) is 0 Å². The highest BCUT2D eigenvalue weighted by Gasteiger charge is 2.16. The van der Waals surface area contributed by atoms with Crippen molar-refractivity contribution in [2.45, 2.75) is 50.7 Å². The summed E-state index contributed by atoms with van der Waals surface area (Å²) < 4.78 is 5.82. The summed E-state index contributed by atoms with van der Waals surface area (Å²) in [5, 5.41) is 13.6. The number of rotatable bonds is 6. The molecular weight excluding hydrogens is 262 g/mol. The molecule has 1 aromatic carbocycles. The second kappa shape index (κ2) is 7.10. The third-order valence-electron chi connectivity index (χ3n) is 4.47. The fraction of sp³-hybridized carbons (Fsp3) is 0.556. The van der Waals surface area contributed by atoms with Crippen molar-refractivity contribution in [3.63, 3.8) is 0 Å². The number of aliphatic hydroxyl groups excluding tert-OH is 1. The molecule has 0 aliphatic heterocycles. The minimum Gasteiger partial charge on any atom is -0.491 e. The van der Waals surface area contributed by atoms with Gasteiger partial charge in [0.15, 0.2) is 0 Å². The molecule has 1 saturated carbocycles. The number of ether oxygens (including phenoxy) is 1. The van der Waals surface area contributed by atoms with Crippen LogP contribution in [0.3, 0.4) is 0 Å². The molecule has 1 atom stereocenters.